The number of aromatic nitrogens is 3. The molecule has 0 atom stereocenters. The maximum atomic E-state index is 6.43. The molecule has 0 aliphatic heterocycles. The monoisotopic (exact) mass is 459 g/mol. The van der Waals surface area contributed by atoms with Crippen molar-refractivity contribution in [3.63, 3.8) is 0 Å². The van der Waals surface area contributed by atoms with E-state index < -0.39 is 0 Å². The summed E-state index contributed by atoms with van der Waals surface area (Å²) in [7, 11) is 0. The molecule has 1 aromatic heterocycles. The van der Waals surface area contributed by atoms with Crippen LogP contribution >= 0.6 is 11.6 Å². The lowest BCUT2D eigenvalue weighted by molar-refractivity contribution is 0.660. The van der Waals surface area contributed by atoms with Crippen LogP contribution in [0.4, 0.5) is 0 Å². The van der Waals surface area contributed by atoms with Crippen LogP contribution in [-0.2, 0) is 5.41 Å². The fraction of sp³-hybridized carbons (Fsp3) is 0.100. The molecule has 0 amide bonds. The predicted molar refractivity (Wildman–Crippen MR) is 139 cm³/mol. The van der Waals surface area contributed by atoms with Crippen LogP contribution in [0.3, 0.4) is 0 Å². The average Bonchev–Trinajstić information content (AvgIpc) is 3.11. The topological polar surface area (TPSA) is 38.7 Å². The molecule has 1 aliphatic rings. The van der Waals surface area contributed by atoms with Gasteiger partial charge in [0.15, 0.2) is 11.6 Å². The molecule has 4 heteroatoms. The SMILES string of the molecule is CC1(C)c2ccccc2-c2cc(-c3nc(Cl)nc(-c4ccccc4-c4ccccc4)n3)ccc21. The van der Waals surface area contributed by atoms with Gasteiger partial charge in [-0.15, -0.1) is 0 Å². The van der Waals surface area contributed by atoms with Crippen molar-refractivity contribution in [1.82, 2.24) is 15.0 Å². The number of nitrogens with zero attached hydrogens (tertiary/aromatic N) is 3. The lowest BCUT2D eigenvalue weighted by atomic mass is 9.82. The van der Waals surface area contributed by atoms with Crippen molar-refractivity contribution in [3.8, 4) is 45.0 Å². The molecule has 6 rings (SSSR count). The van der Waals surface area contributed by atoms with Crippen LogP contribution in [0, 0.1) is 0 Å². The first-order valence-electron chi connectivity index (χ1n) is 11.3. The predicted octanol–water partition coefficient (Wildman–Crippen LogP) is 7.83. The Kier molecular flexibility index (Phi) is 4.82. The Bertz CT molecular complexity index is 1540. The summed E-state index contributed by atoms with van der Waals surface area (Å²) in [5, 5.41) is 0.184. The largest absolute Gasteiger partial charge is 0.226 e. The van der Waals surface area contributed by atoms with Gasteiger partial charge >= 0.3 is 0 Å². The van der Waals surface area contributed by atoms with E-state index in [0.717, 1.165) is 22.3 Å². The van der Waals surface area contributed by atoms with E-state index in [-0.39, 0.29) is 10.7 Å². The Morgan fingerprint density at radius 2 is 1.15 bits per heavy atom. The molecule has 5 aromatic rings. The molecule has 0 unspecified atom stereocenters. The lowest BCUT2D eigenvalue weighted by Crippen LogP contribution is -2.14. The number of rotatable bonds is 3. The van der Waals surface area contributed by atoms with Crippen molar-refractivity contribution in [2.45, 2.75) is 19.3 Å². The van der Waals surface area contributed by atoms with Gasteiger partial charge in [0.2, 0.25) is 5.28 Å². The molecule has 0 radical (unpaired) electrons. The summed E-state index contributed by atoms with van der Waals surface area (Å²) in [6.45, 7) is 4.55. The maximum Gasteiger partial charge on any atom is 0.226 e. The number of benzene rings is 4. The zero-order valence-corrected chi connectivity index (χ0v) is 19.7. The molecule has 0 spiro atoms. The van der Waals surface area contributed by atoms with E-state index in [1.807, 2.05) is 36.4 Å². The van der Waals surface area contributed by atoms with E-state index in [4.69, 9.17) is 16.6 Å². The van der Waals surface area contributed by atoms with Crippen molar-refractivity contribution in [2.24, 2.45) is 0 Å². The highest BCUT2D eigenvalue weighted by molar-refractivity contribution is 6.28. The van der Waals surface area contributed by atoms with Gasteiger partial charge in [0.25, 0.3) is 0 Å². The highest BCUT2D eigenvalue weighted by Crippen LogP contribution is 2.49. The number of halogens is 1. The van der Waals surface area contributed by atoms with Gasteiger partial charge in [-0.05, 0) is 51.0 Å². The second kappa shape index (κ2) is 7.89. The summed E-state index contributed by atoms with van der Waals surface area (Å²) < 4.78 is 0. The Morgan fingerprint density at radius 3 is 1.94 bits per heavy atom. The number of fused-ring (bicyclic) bond motifs is 3. The summed E-state index contributed by atoms with van der Waals surface area (Å²) >= 11 is 6.43. The minimum absolute atomic E-state index is 0.0407. The summed E-state index contributed by atoms with van der Waals surface area (Å²) in [6.07, 6.45) is 0. The van der Waals surface area contributed by atoms with Gasteiger partial charge in [-0.25, -0.2) is 4.98 Å². The normalized spacial score (nSPS) is 13.4. The van der Waals surface area contributed by atoms with Crippen LogP contribution in [0.2, 0.25) is 5.28 Å². The Hall–Kier alpha value is -3.82. The van der Waals surface area contributed by atoms with Crippen molar-refractivity contribution in [3.05, 3.63) is 113 Å². The second-order valence-electron chi connectivity index (χ2n) is 9.09. The quantitative estimate of drug-likeness (QED) is 0.276. The van der Waals surface area contributed by atoms with Crippen molar-refractivity contribution < 1.29 is 0 Å². The van der Waals surface area contributed by atoms with Crippen molar-refractivity contribution >= 4 is 11.6 Å². The van der Waals surface area contributed by atoms with Gasteiger partial charge < -0.3 is 0 Å². The first-order valence-corrected chi connectivity index (χ1v) is 11.7. The van der Waals surface area contributed by atoms with Gasteiger partial charge in [-0.3, -0.25) is 0 Å². The molecule has 3 nitrogen and oxygen atoms in total. The van der Waals surface area contributed by atoms with E-state index in [9.17, 15) is 0 Å². The maximum absolute atomic E-state index is 6.43. The van der Waals surface area contributed by atoms with E-state index >= 15 is 0 Å². The summed E-state index contributed by atoms with van der Waals surface area (Å²) in [5.74, 6) is 1.14. The minimum atomic E-state index is -0.0407. The Balaban J connectivity index is 1.49. The van der Waals surface area contributed by atoms with Crippen LogP contribution < -0.4 is 0 Å². The van der Waals surface area contributed by atoms with Gasteiger partial charge in [0, 0.05) is 16.5 Å². The molecule has 0 bridgehead atoms. The second-order valence-corrected chi connectivity index (χ2v) is 9.43. The third kappa shape index (κ3) is 3.32. The Labute approximate surface area is 204 Å². The summed E-state index contributed by atoms with van der Waals surface area (Å²) in [4.78, 5) is 13.9. The van der Waals surface area contributed by atoms with E-state index in [1.54, 1.807) is 0 Å². The summed E-state index contributed by atoms with van der Waals surface area (Å²) in [5.41, 5.74) is 9.11. The van der Waals surface area contributed by atoms with Crippen LogP contribution in [0.15, 0.2) is 97.1 Å². The first kappa shape index (κ1) is 20.8. The fourth-order valence-corrected chi connectivity index (χ4v) is 5.17. The minimum Gasteiger partial charge on any atom is -0.208 e. The van der Waals surface area contributed by atoms with E-state index in [2.05, 4.69) is 84.5 Å². The molecule has 0 N–H and O–H groups in total. The molecule has 1 aliphatic carbocycles. The first-order chi connectivity index (χ1) is 16.5. The van der Waals surface area contributed by atoms with Crippen LogP contribution in [0.25, 0.3) is 45.0 Å². The fourth-order valence-electron chi connectivity index (χ4n) is 5.01. The molecule has 0 saturated heterocycles. The zero-order valence-electron chi connectivity index (χ0n) is 19.0. The highest BCUT2D eigenvalue weighted by Gasteiger charge is 2.35. The zero-order chi connectivity index (χ0) is 23.3. The van der Waals surface area contributed by atoms with E-state index in [0.29, 0.717) is 11.6 Å². The molecule has 4 aromatic carbocycles. The van der Waals surface area contributed by atoms with Gasteiger partial charge in [-0.1, -0.05) is 105 Å². The molecular formula is C30H22ClN3. The van der Waals surface area contributed by atoms with Crippen LogP contribution in [0.5, 0.6) is 0 Å². The average molecular weight is 460 g/mol. The standard InChI is InChI=1S/C30H22ClN3/c1-30(2)25-15-9-8-13-22(25)24-18-20(16-17-26(24)30)27-32-28(34-29(31)33-27)23-14-7-6-12-21(23)19-10-4-3-5-11-19/h3-18H,1-2H3. The number of hydrogen-bond acceptors (Lipinski definition) is 3. The number of hydrogen-bond donors (Lipinski definition) is 0. The highest BCUT2D eigenvalue weighted by atomic mass is 35.5. The van der Waals surface area contributed by atoms with E-state index in [1.165, 1.54) is 22.3 Å². The third-order valence-electron chi connectivity index (χ3n) is 6.70. The summed E-state index contributed by atoms with van der Waals surface area (Å²) in [6, 6.07) is 33.4. The van der Waals surface area contributed by atoms with Crippen molar-refractivity contribution in [2.75, 3.05) is 0 Å². The van der Waals surface area contributed by atoms with Crippen molar-refractivity contribution in [1.29, 1.82) is 0 Å². The molecule has 1 heterocycles. The smallest absolute Gasteiger partial charge is 0.208 e. The van der Waals surface area contributed by atoms with Gasteiger partial charge in [-0.2, -0.15) is 9.97 Å². The van der Waals surface area contributed by atoms with Crippen LogP contribution in [-0.4, -0.2) is 15.0 Å². The third-order valence-corrected chi connectivity index (χ3v) is 6.87. The molecule has 164 valence electrons. The van der Waals surface area contributed by atoms with Gasteiger partial charge in [0.05, 0.1) is 0 Å². The Morgan fingerprint density at radius 1 is 0.529 bits per heavy atom. The molecular weight excluding hydrogens is 438 g/mol. The van der Waals surface area contributed by atoms with Crippen LogP contribution in [0.1, 0.15) is 25.0 Å². The molecule has 34 heavy (non-hydrogen) atoms. The van der Waals surface area contributed by atoms with Gasteiger partial charge in [0.1, 0.15) is 0 Å². The molecule has 0 saturated carbocycles. The lowest BCUT2D eigenvalue weighted by Gasteiger charge is -2.21. The molecule has 0 fully saturated rings.